The lowest BCUT2D eigenvalue weighted by molar-refractivity contribution is 0.316. The van der Waals surface area contributed by atoms with E-state index in [0.717, 1.165) is 18.9 Å². The molecule has 0 fully saturated rings. The maximum atomic E-state index is 5.60. The Morgan fingerprint density at radius 3 is 2.77 bits per heavy atom. The third-order valence-electron chi connectivity index (χ3n) is 2.16. The minimum absolute atomic E-state index is 0.723. The third-order valence-corrected chi connectivity index (χ3v) is 2.16. The summed E-state index contributed by atoms with van der Waals surface area (Å²) in [5.74, 6) is 0.996. The van der Waals surface area contributed by atoms with E-state index >= 15 is 0 Å². The summed E-state index contributed by atoms with van der Waals surface area (Å²) >= 11 is 0. The van der Waals surface area contributed by atoms with Crippen LogP contribution >= 0.6 is 0 Å². The van der Waals surface area contributed by atoms with Crippen molar-refractivity contribution < 1.29 is 4.74 Å². The highest BCUT2D eigenvalue weighted by molar-refractivity contribution is 5.38. The first-order valence-corrected chi connectivity index (χ1v) is 4.59. The zero-order valence-corrected chi connectivity index (χ0v) is 8.55. The molecule has 1 aromatic carbocycles. The molecule has 0 aromatic heterocycles. The van der Waals surface area contributed by atoms with Crippen LogP contribution < -0.4 is 10.1 Å². The van der Waals surface area contributed by atoms with Gasteiger partial charge in [-0.3, -0.25) is 0 Å². The molecule has 0 heterocycles. The summed E-state index contributed by atoms with van der Waals surface area (Å²) in [7, 11) is 1.92. The topological polar surface area (TPSA) is 21.3 Å². The minimum Gasteiger partial charge on any atom is -0.492 e. The maximum absolute atomic E-state index is 5.60. The van der Waals surface area contributed by atoms with Gasteiger partial charge in [-0.25, -0.2) is 0 Å². The lowest BCUT2D eigenvalue weighted by Gasteiger charge is -2.10. The number of hydrogen-bond acceptors (Lipinski definition) is 2. The van der Waals surface area contributed by atoms with Crippen LogP contribution in [0.3, 0.4) is 0 Å². The van der Waals surface area contributed by atoms with Crippen molar-refractivity contribution in [2.75, 3.05) is 20.2 Å². The molecule has 0 unspecified atom stereocenters. The molecule has 0 bridgehead atoms. The van der Waals surface area contributed by atoms with Crippen LogP contribution in [-0.4, -0.2) is 20.2 Å². The molecule has 2 heteroatoms. The summed E-state index contributed by atoms with van der Waals surface area (Å²) in [5.41, 5.74) is 2.51. The van der Waals surface area contributed by atoms with Gasteiger partial charge in [0.25, 0.3) is 0 Å². The number of ether oxygens (including phenoxy) is 1. The molecule has 0 aliphatic carbocycles. The normalized spacial score (nSPS) is 10.1. The molecule has 0 saturated carbocycles. The molecular formula is C11H17NO. The summed E-state index contributed by atoms with van der Waals surface area (Å²) in [6, 6.07) is 6.13. The molecular weight excluding hydrogens is 162 g/mol. The highest BCUT2D eigenvalue weighted by atomic mass is 16.5. The second-order valence-corrected chi connectivity index (χ2v) is 3.15. The highest BCUT2D eigenvalue weighted by Crippen LogP contribution is 2.19. The molecule has 0 aliphatic rings. The molecule has 0 spiro atoms. The van der Waals surface area contributed by atoms with Crippen LogP contribution in [0.15, 0.2) is 18.2 Å². The fourth-order valence-corrected chi connectivity index (χ4v) is 1.14. The van der Waals surface area contributed by atoms with Gasteiger partial charge >= 0.3 is 0 Å². The number of benzene rings is 1. The van der Waals surface area contributed by atoms with E-state index in [1.54, 1.807) is 0 Å². The predicted molar refractivity (Wildman–Crippen MR) is 55.3 cm³/mol. The first kappa shape index (κ1) is 10.1. The molecule has 0 aliphatic heterocycles. The van der Waals surface area contributed by atoms with Gasteiger partial charge in [0, 0.05) is 6.54 Å². The Morgan fingerprint density at radius 1 is 1.31 bits per heavy atom. The number of nitrogens with one attached hydrogen (secondary N) is 1. The first-order valence-electron chi connectivity index (χ1n) is 4.59. The number of rotatable bonds is 4. The Balaban J connectivity index is 2.61. The van der Waals surface area contributed by atoms with Crippen molar-refractivity contribution in [2.45, 2.75) is 13.8 Å². The molecule has 0 amide bonds. The number of likely N-dealkylation sites (N-methyl/N-ethyl adjacent to an activating group) is 1. The molecule has 0 atom stereocenters. The fraction of sp³-hybridized carbons (Fsp3) is 0.455. The van der Waals surface area contributed by atoms with Crippen molar-refractivity contribution in [1.29, 1.82) is 0 Å². The molecule has 1 rings (SSSR count). The molecule has 2 nitrogen and oxygen atoms in total. The van der Waals surface area contributed by atoms with Crippen molar-refractivity contribution in [3.8, 4) is 5.75 Å². The van der Waals surface area contributed by atoms with Crippen LogP contribution in [0, 0.1) is 13.8 Å². The van der Waals surface area contributed by atoms with Gasteiger partial charge in [-0.15, -0.1) is 0 Å². The van der Waals surface area contributed by atoms with Crippen molar-refractivity contribution in [3.63, 3.8) is 0 Å². The van der Waals surface area contributed by atoms with Gasteiger partial charge in [0.2, 0.25) is 0 Å². The predicted octanol–water partition coefficient (Wildman–Crippen LogP) is 1.90. The molecule has 72 valence electrons. The fourth-order valence-electron chi connectivity index (χ4n) is 1.14. The van der Waals surface area contributed by atoms with E-state index < -0.39 is 0 Å². The van der Waals surface area contributed by atoms with Crippen LogP contribution in [0.1, 0.15) is 11.1 Å². The van der Waals surface area contributed by atoms with Crippen molar-refractivity contribution in [1.82, 2.24) is 5.32 Å². The van der Waals surface area contributed by atoms with Gasteiger partial charge in [-0.2, -0.15) is 0 Å². The molecule has 0 saturated heterocycles. The SMILES string of the molecule is CNCCOc1cccc(C)c1C. The second-order valence-electron chi connectivity index (χ2n) is 3.15. The van der Waals surface area contributed by atoms with Crippen molar-refractivity contribution >= 4 is 0 Å². The summed E-state index contributed by atoms with van der Waals surface area (Å²) in [5, 5.41) is 3.05. The maximum Gasteiger partial charge on any atom is 0.122 e. The van der Waals surface area contributed by atoms with Gasteiger partial charge < -0.3 is 10.1 Å². The van der Waals surface area contributed by atoms with Crippen LogP contribution in [-0.2, 0) is 0 Å². The Morgan fingerprint density at radius 2 is 2.08 bits per heavy atom. The zero-order valence-electron chi connectivity index (χ0n) is 8.55. The van der Waals surface area contributed by atoms with Crippen LogP contribution in [0.2, 0.25) is 0 Å². The van der Waals surface area contributed by atoms with Crippen molar-refractivity contribution in [3.05, 3.63) is 29.3 Å². The Hall–Kier alpha value is -1.02. The highest BCUT2D eigenvalue weighted by Gasteiger charge is 1.99. The van der Waals surface area contributed by atoms with Gasteiger partial charge in [-0.1, -0.05) is 12.1 Å². The zero-order chi connectivity index (χ0) is 9.68. The standard InChI is InChI=1S/C11H17NO/c1-9-5-4-6-11(10(9)2)13-8-7-12-3/h4-6,12H,7-8H2,1-3H3. The van der Waals surface area contributed by atoms with Gasteiger partial charge in [0.05, 0.1) is 0 Å². The summed E-state index contributed by atoms with van der Waals surface area (Å²) in [6.07, 6.45) is 0. The van der Waals surface area contributed by atoms with E-state index in [4.69, 9.17) is 4.74 Å². The average Bonchev–Trinajstić information content (AvgIpc) is 2.13. The molecule has 1 aromatic rings. The van der Waals surface area contributed by atoms with Gasteiger partial charge in [-0.05, 0) is 38.1 Å². The van der Waals surface area contributed by atoms with E-state index in [0.29, 0.717) is 0 Å². The lowest BCUT2D eigenvalue weighted by Crippen LogP contribution is -2.16. The lowest BCUT2D eigenvalue weighted by atomic mass is 10.1. The number of aryl methyl sites for hydroxylation is 1. The van der Waals surface area contributed by atoms with E-state index in [9.17, 15) is 0 Å². The molecule has 0 radical (unpaired) electrons. The smallest absolute Gasteiger partial charge is 0.122 e. The van der Waals surface area contributed by atoms with Gasteiger partial charge in [0.1, 0.15) is 12.4 Å². The van der Waals surface area contributed by atoms with Crippen LogP contribution in [0.4, 0.5) is 0 Å². The van der Waals surface area contributed by atoms with Crippen molar-refractivity contribution in [2.24, 2.45) is 0 Å². The quantitative estimate of drug-likeness (QED) is 0.713. The summed E-state index contributed by atoms with van der Waals surface area (Å²) in [6.45, 7) is 5.79. The summed E-state index contributed by atoms with van der Waals surface area (Å²) < 4.78 is 5.60. The monoisotopic (exact) mass is 179 g/mol. The van der Waals surface area contributed by atoms with E-state index in [1.807, 2.05) is 19.2 Å². The Bertz CT molecular complexity index is 271. The Labute approximate surface area is 79.9 Å². The van der Waals surface area contributed by atoms with E-state index in [2.05, 4.69) is 25.2 Å². The molecule has 1 N–H and O–H groups in total. The number of hydrogen-bond donors (Lipinski definition) is 1. The van der Waals surface area contributed by atoms with E-state index in [-0.39, 0.29) is 0 Å². The second kappa shape index (κ2) is 4.87. The minimum atomic E-state index is 0.723. The van der Waals surface area contributed by atoms with E-state index in [1.165, 1.54) is 11.1 Å². The largest absolute Gasteiger partial charge is 0.492 e. The van der Waals surface area contributed by atoms with Crippen LogP contribution in [0.5, 0.6) is 5.75 Å². The average molecular weight is 179 g/mol. The third kappa shape index (κ3) is 2.74. The molecule has 13 heavy (non-hydrogen) atoms. The summed E-state index contributed by atoms with van der Waals surface area (Å²) in [4.78, 5) is 0. The van der Waals surface area contributed by atoms with Crippen LogP contribution in [0.25, 0.3) is 0 Å². The van der Waals surface area contributed by atoms with Gasteiger partial charge in [0.15, 0.2) is 0 Å². The Kier molecular flexibility index (Phi) is 3.77. The first-order chi connectivity index (χ1) is 6.25.